The molecular weight excluding hydrogens is 2010 g/mol. The number of ketones is 2. The van der Waals surface area contributed by atoms with Gasteiger partial charge in [0.05, 0.1) is 25.3 Å². The summed E-state index contributed by atoms with van der Waals surface area (Å²) in [4.78, 5) is 61.1. The normalized spacial score (nSPS) is 15.5. The van der Waals surface area contributed by atoms with E-state index in [0.29, 0.717) is 91.9 Å². The first-order valence-electron chi connectivity index (χ1n) is 57.5. The van der Waals surface area contributed by atoms with Crippen LogP contribution < -0.4 is 0 Å². The molecule has 8 unspecified atom stereocenters. The summed E-state index contributed by atoms with van der Waals surface area (Å²) in [5.74, 6) is 4.07. The van der Waals surface area contributed by atoms with Crippen LogP contribution in [0.25, 0.3) is 133 Å². The number of thiophene rings is 10. The van der Waals surface area contributed by atoms with E-state index in [0.717, 1.165) is 125 Å². The van der Waals surface area contributed by atoms with E-state index >= 15 is 0 Å². The number of hydrogen-bond acceptors (Lipinski definition) is 14. The number of rotatable bonds is 59. The summed E-state index contributed by atoms with van der Waals surface area (Å²) < 4.78 is 2.80. The van der Waals surface area contributed by atoms with Crippen molar-refractivity contribution in [1.29, 1.82) is 10.5 Å². The van der Waals surface area contributed by atoms with Gasteiger partial charge in [0.2, 0.25) is 0 Å². The first-order valence-corrected chi connectivity index (χ1v) is 65.7. The summed E-state index contributed by atoms with van der Waals surface area (Å²) in [5.41, 5.74) is 15.4. The Balaban J connectivity index is 0.975. The number of unbranched alkanes of at least 4 members (excludes halogenated alkanes) is 9. The Hall–Kier alpha value is -8.56. The molecule has 0 N–H and O–H groups in total. The molecule has 0 fully saturated rings. The van der Waals surface area contributed by atoms with Crippen molar-refractivity contribution in [3.63, 3.8) is 0 Å². The van der Waals surface area contributed by atoms with Crippen molar-refractivity contribution in [3.05, 3.63) is 242 Å². The third-order valence-corrected chi connectivity index (χ3v) is 45.1. The Bertz CT molecular complexity index is 6850. The summed E-state index contributed by atoms with van der Waals surface area (Å²) >= 11 is 20.1. The lowest BCUT2D eigenvalue weighted by atomic mass is 9.90. The fraction of sp³-hybridized carbons (Fsp3) is 0.489. The van der Waals surface area contributed by atoms with Crippen LogP contribution in [0.5, 0.6) is 0 Å². The molecular formula is C133H160N4O2S10. The molecule has 0 amide bonds. The minimum Gasteiger partial charge on any atom is -0.289 e. The molecule has 15 rings (SSSR count). The van der Waals surface area contributed by atoms with Crippen LogP contribution >= 0.6 is 113 Å². The molecule has 2 aliphatic rings. The van der Waals surface area contributed by atoms with E-state index < -0.39 is 0 Å². The Morgan fingerprint density at radius 2 is 0.544 bits per heavy atom. The molecule has 16 heteroatoms. The zero-order valence-electron chi connectivity index (χ0n) is 92.0. The van der Waals surface area contributed by atoms with Gasteiger partial charge in [-0.15, -0.1) is 113 Å². The van der Waals surface area contributed by atoms with Crippen LogP contribution in [0.15, 0.2) is 144 Å². The van der Waals surface area contributed by atoms with Crippen LogP contribution in [0, 0.1) is 83.1 Å². The molecule has 6 nitrogen and oxygen atoms in total. The zero-order valence-corrected chi connectivity index (χ0v) is 100. The van der Waals surface area contributed by atoms with Crippen molar-refractivity contribution in [2.24, 2.45) is 47.3 Å². The lowest BCUT2D eigenvalue weighted by Crippen LogP contribution is -2.04. The number of nitrogens with zero attached hydrogens (tertiary/aromatic N) is 4. The zero-order chi connectivity index (χ0) is 105. The maximum Gasteiger partial charge on any atom is 0.270 e. The van der Waals surface area contributed by atoms with Gasteiger partial charge >= 0.3 is 0 Å². The number of carbonyl (C=O) groups excluding carboxylic acids is 2. The van der Waals surface area contributed by atoms with Gasteiger partial charge in [0, 0.05) is 153 Å². The Kier molecular flexibility index (Phi) is 43.0. The molecule has 8 atom stereocenters. The quantitative estimate of drug-likeness (QED) is 0.0164. The van der Waals surface area contributed by atoms with Crippen LogP contribution in [-0.4, -0.2) is 11.6 Å². The summed E-state index contributed by atoms with van der Waals surface area (Å²) in [6.07, 6.45) is 51.1. The second-order valence-electron chi connectivity index (χ2n) is 42.9. The molecule has 2 aliphatic carbocycles. The van der Waals surface area contributed by atoms with E-state index in [-0.39, 0.29) is 23.0 Å². The van der Waals surface area contributed by atoms with Crippen molar-refractivity contribution in [1.82, 2.24) is 0 Å². The van der Waals surface area contributed by atoms with Gasteiger partial charge in [-0.2, -0.15) is 0 Å². The molecule has 10 heterocycles. The highest BCUT2D eigenvalue weighted by atomic mass is 32.1. The van der Waals surface area contributed by atoms with Gasteiger partial charge in [0.25, 0.3) is 11.4 Å². The van der Waals surface area contributed by atoms with E-state index in [1.54, 1.807) is 22.7 Å². The van der Waals surface area contributed by atoms with E-state index in [2.05, 4.69) is 273 Å². The van der Waals surface area contributed by atoms with Crippen molar-refractivity contribution < 1.29 is 9.59 Å². The number of Topliss-reactive ketones (excluding diaryl/α,β-unsaturated/α-hetero) is 2. The molecule has 0 saturated carbocycles. The third kappa shape index (κ3) is 27.0. The SMILES string of the molecule is [C-]#[N+]/C(C#N)=C1\C(=Cc2cc(CC(CC)CCCC)c(-c3cc(CC(CC)CCCC)c(-c4cc(CC(CC)CCCC)c(-c5cc6c(-c7ccc(CC(CC)CCCC)s7)c7sc(-c8sc(-c9sc(-c%10sc(C=C%11C(=O)c%12ccccc%12/C%11=C(/C#N)[N+]#[C-])cc%10CC(CC)CCCC)cc9CC(CC)CCCCC)cc8CC(CC)CCCC)cc7c(-c7ccc(CC(CC)CCCC)s7)c6s5)s4)s3)s2)C(=O)c2ccccc21. The molecule has 0 spiro atoms. The number of fused-ring (bicyclic) bond motifs is 4. The predicted molar refractivity (Wildman–Crippen MR) is 660 cm³/mol. The van der Waals surface area contributed by atoms with Crippen LogP contribution in [0.4, 0.5) is 0 Å². The Morgan fingerprint density at radius 1 is 0.289 bits per heavy atom. The highest BCUT2D eigenvalue weighted by molar-refractivity contribution is 7.32. The van der Waals surface area contributed by atoms with Gasteiger partial charge in [-0.1, -0.05) is 371 Å². The molecule has 0 bridgehead atoms. The van der Waals surface area contributed by atoms with Gasteiger partial charge < -0.3 is 0 Å². The summed E-state index contributed by atoms with van der Waals surface area (Å²) in [6, 6.07) is 50.5. The van der Waals surface area contributed by atoms with E-state index in [1.807, 2.05) is 83.4 Å². The number of hydrogen-bond donors (Lipinski definition) is 0. The Labute approximate surface area is 934 Å². The minimum absolute atomic E-state index is 0.0459. The third-order valence-electron chi connectivity index (χ3n) is 32.5. The maximum absolute atomic E-state index is 14.8. The molecule has 0 aliphatic heterocycles. The molecule has 13 aromatic rings. The highest BCUT2D eigenvalue weighted by Crippen LogP contribution is 2.60. The summed E-state index contributed by atoms with van der Waals surface area (Å²) in [5, 5.41) is 23.9. The second kappa shape index (κ2) is 56.0. The standard InChI is InChI=1S/C133H160N4O2S10/c1-19-35-43-55-89(32-14)69-95-75-115(127-93(65-85(28-10)49-37-21-3)73-101(143-127)79-107-121(111(83-135)137-18)103-57-45-47-59-105(103)125(107)139)145-129(95)117-77-97(68-88(31-13)52-40-24-6)131(147-117)119-81-109-123(113-63-61-99(141-113)71-91(34-16)54-42-26-8)132-108(122(133(109)149-119)112-62-60-98(140-112)70-90(33-15)53-41-25-7)80-118(148-132)130-96(67-87(30-12)51-39-23-5)76-116(146-130)128-94(66-86(29-11)50-38-22-4)74-114(144-128)126-92(64-84(27-9)48-36-20-2)72-100(142-126)78-106-120(110(82-134)136-17)102-56-44-46-58-104(102)124(106)138/h44-47,56-63,72-81,84-91H,19-43,48-55,64-71H2,1-16H3/b106-78?,107-79?,120-110-,121-111+. The second-order valence-corrected chi connectivity index (χ2v) is 53.8. The van der Waals surface area contributed by atoms with Gasteiger partial charge in [-0.25, -0.2) is 20.2 Å². The van der Waals surface area contributed by atoms with Crippen molar-refractivity contribution in [3.8, 4) is 91.5 Å². The average Bonchev–Trinajstić information content (AvgIpc) is 1.55. The van der Waals surface area contributed by atoms with Crippen LogP contribution in [0.2, 0.25) is 0 Å². The summed E-state index contributed by atoms with van der Waals surface area (Å²) in [6.45, 7) is 54.5. The molecule has 784 valence electrons. The van der Waals surface area contributed by atoms with E-state index in [4.69, 9.17) is 13.1 Å². The summed E-state index contributed by atoms with van der Waals surface area (Å²) in [7, 11) is 0. The van der Waals surface area contributed by atoms with E-state index in [9.17, 15) is 20.1 Å². The van der Waals surface area contributed by atoms with Crippen molar-refractivity contribution in [2.45, 2.75) is 374 Å². The van der Waals surface area contributed by atoms with Crippen LogP contribution in [0.3, 0.4) is 0 Å². The molecule has 0 radical (unpaired) electrons. The largest absolute Gasteiger partial charge is 0.289 e. The maximum atomic E-state index is 14.8. The fourth-order valence-corrected chi connectivity index (χ4v) is 36.0. The number of carbonyl (C=O) groups is 2. The molecule has 10 aromatic heterocycles. The first-order chi connectivity index (χ1) is 72.8. The average molecular weight is 2170 g/mol. The Morgan fingerprint density at radius 3 is 0.812 bits per heavy atom. The lowest BCUT2D eigenvalue weighted by Gasteiger charge is -2.15. The van der Waals surface area contributed by atoms with Gasteiger partial charge in [-0.05, 0) is 228 Å². The minimum atomic E-state index is -0.131. The highest BCUT2D eigenvalue weighted by Gasteiger charge is 2.38. The topological polar surface area (TPSA) is 90.4 Å². The number of nitriles is 2. The van der Waals surface area contributed by atoms with Gasteiger partial charge in [0.1, 0.15) is 0 Å². The number of benzene rings is 3. The number of allylic oxidation sites excluding steroid dienone is 6. The van der Waals surface area contributed by atoms with Crippen molar-refractivity contribution >= 4 is 168 Å². The molecule has 149 heavy (non-hydrogen) atoms. The molecule has 3 aromatic carbocycles. The van der Waals surface area contributed by atoms with Gasteiger partial charge in [-0.3, -0.25) is 9.59 Å². The van der Waals surface area contributed by atoms with Crippen LogP contribution in [-0.2, 0) is 51.4 Å². The smallest absolute Gasteiger partial charge is 0.270 e. The molecule has 0 saturated heterocycles. The van der Waals surface area contributed by atoms with Gasteiger partial charge in [0.15, 0.2) is 11.6 Å². The first kappa shape index (κ1) is 114. The van der Waals surface area contributed by atoms with Crippen LogP contribution in [0.1, 0.15) is 407 Å². The monoisotopic (exact) mass is 2160 g/mol. The lowest BCUT2D eigenvalue weighted by molar-refractivity contribution is 0.103. The fourth-order valence-electron chi connectivity index (χ4n) is 23.2. The predicted octanol–water partition coefficient (Wildman–Crippen LogP) is 45.3. The van der Waals surface area contributed by atoms with Crippen molar-refractivity contribution in [2.75, 3.05) is 0 Å². The van der Waals surface area contributed by atoms with E-state index in [1.165, 1.54) is 290 Å².